The van der Waals surface area contributed by atoms with Gasteiger partial charge in [-0.15, -0.1) is 0 Å². The number of alkyl halides is 15. The number of esters is 1. The van der Waals surface area contributed by atoms with Crippen molar-refractivity contribution in [3.8, 4) is 28.4 Å². The molecular weight excluding hydrogens is 845 g/mol. The standard InChI is InChI=1S/C36H33F15O8/c1-29(2,37)35(48,49)58-31(40,33(42,43)44)20-53-15-17-55-26-14-11-24(28(52)57-25-12-9-23(10-13-25)22-7-5-4-6-8-22)19-27(26)56-18-16-54-21-32(41,34(45,46)47)59-36(50,51)30(3,38)39/h4-14,19H,15-18,20-21H2,1-3H3. The second-order valence-corrected chi connectivity index (χ2v) is 12.8. The Balaban J connectivity index is 1.75. The van der Waals surface area contributed by atoms with Gasteiger partial charge in [0, 0.05) is 6.92 Å². The number of carbonyl (C=O) groups excluding carboxylic acids is 1. The van der Waals surface area contributed by atoms with E-state index in [1.54, 1.807) is 30.3 Å². The van der Waals surface area contributed by atoms with E-state index in [2.05, 4.69) is 18.9 Å². The summed E-state index contributed by atoms with van der Waals surface area (Å²) in [6.07, 6.45) is -23.7. The van der Waals surface area contributed by atoms with Gasteiger partial charge in [0.1, 0.15) is 32.2 Å². The van der Waals surface area contributed by atoms with Crippen molar-refractivity contribution in [2.45, 2.75) is 68.6 Å². The fraction of sp³-hybridized carbons (Fsp3) is 0.472. The molecule has 0 amide bonds. The molecule has 23 heteroatoms. The topological polar surface area (TPSA) is 81.7 Å². The van der Waals surface area contributed by atoms with Crippen LogP contribution in [0.25, 0.3) is 11.1 Å². The first-order chi connectivity index (χ1) is 26.9. The Kier molecular flexibility index (Phi) is 15.3. The van der Waals surface area contributed by atoms with Crippen LogP contribution >= 0.6 is 0 Å². The Labute approximate surface area is 325 Å². The van der Waals surface area contributed by atoms with E-state index in [1.807, 2.05) is 12.1 Å². The molecular formula is C36H33F15O8. The van der Waals surface area contributed by atoms with E-state index < -0.39 is 112 Å². The highest BCUT2D eigenvalue weighted by Gasteiger charge is 2.68. The van der Waals surface area contributed by atoms with Gasteiger partial charge < -0.3 is 23.7 Å². The zero-order valence-corrected chi connectivity index (χ0v) is 30.6. The van der Waals surface area contributed by atoms with Crippen molar-refractivity contribution in [2.75, 3.05) is 39.6 Å². The average molecular weight is 879 g/mol. The fourth-order valence-corrected chi connectivity index (χ4v) is 4.16. The van der Waals surface area contributed by atoms with Crippen LogP contribution in [-0.4, -0.2) is 93.5 Å². The minimum Gasteiger partial charge on any atom is -0.487 e. The SMILES string of the molecule is CC(C)(F)C(F)(F)OC(F)(COCCOc1ccc(C(=O)Oc2ccc(-c3ccccc3)cc2)cc1OCCOCC(F)(OC(F)(F)C(C)(F)F)C(F)(F)F)C(F)(F)F. The lowest BCUT2D eigenvalue weighted by molar-refractivity contribution is -0.453. The molecule has 0 aliphatic carbocycles. The molecule has 0 saturated carbocycles. The Morgan fingerprint density at radius 3 is 1.44 bits per heavy atom. The van der Waals surface area contributed by atoms with Crippen molar-refractivity contribution in [3.63, 3.8) is 0 Å². The predicted molar refractivity (Wildman–Crippen MR) is 174 cm³/mol. The third kappa shape index (κ3) is 13.0. The van der Waals surface area contributed by atoms with Crippen molar-refractivity contribution >= 4 is 5.97 Å². The summed E-state index contributed by atoms with van der Waals surface area (Å²) in [4.78, 5) is 13.0. The molecule has 59 heavy (non-hydrogen) atoms. The molecule has 0 aliphatic heterocycles. The van der Waals surface area contributed by atoms with E-state index in [-0.39, 0.29) is 25.2 Å². The van der Waals surface area contributed by atoms with Crippen LogP contribution in [0.2, 0.25) is 0 Å². The van der Waals surface area contributed by atoms with Crippen LogP contribution in [0.3, 0.4) is 0 Å². The number of carbonyl (C=O) groups is 1. The summed E-state index contributed by atoms with van der Waals surface area (Å²) in [5.41, 5.74) is -2.49. The van der Waals surface area contributed by atoms with Crippen LogP contribution in [0, 0.1) is 0 Å². The quantitative estimate of drug-likeness (QED) is 0.0453. The van der Waals surface area contributed by atoms with Crippen LogP contribution in [0.15, 0.2) is 72.8 Å². The Bertz CT molecular complexity index is 1810. The highest BCUT2D eigenvalue weighted by atomic mass is 19.4. The van der Waals surface area contributed by atoms with Crippen molar-refractivity contribution in [1.82, 2.24) is 0 Å². The zero-order chi connectivity index (χ0) is 44.7. The van der Waals surface area contributed by atoms with E-state index in [0.29, 0.717) is 0 Å². The highest BCUT2D eigenvalue weighted by molar-refractivity contribution is 5.92. The van der Waals surface area contributed by atoms with Crippen molar-refractivity contribution in [3.05, 3.63) is 78.4 Å². The minimum atomic E-state index is -6.32. The minimum absolute atomic E-state index is 0.0376. The zero-order valence-electron chi connectivity index (χ0n) is 30.6. The Morgan fingerprint density at radius 1 is 0.525 bits per heavy atom. The van der Waals surface area contributed by atoms with Gasteiger partial charge in [0.15, 0.2) is 17.2 Å². The molecule has 0 spiro atoms. The van der Waals surface area contributed by atoms with Gasteiger partial charge >= 0.3 is 48.2 Å². The van der Waals surface area contributed by atoms with Gasteiger partial charge in [-0.2, -0.15) is 61.5 Å². The molecule has 3 rings (SSSR count). The lowest BCUT2D eigenvalue weighted by Gasteiger charge is -2.34. The third-order valence-corrected chi connectivity index (χ3v) is 7.53. The molecule has 0 aromatic heterocycles. The summed E-state index contributed by atoms with van der Waals surface area (Å²) in [5, 5.41) is 0. The van der Waals surface area contributed by atoms with Gasteiger partial charge in [0.2, 0.25) is 0 Å². The number of rotatable bonds is 21. The van der Waals surface area contributed by atoms with Crippen LogP contribution in [0.5, 0.6) is 17.2 Å². The van der Waals surface area contributed by atoms with E-state index in [0.717, 1.165) is 29.3 Å². The summed E-state index contributed by atoms with van der Waals surface area (Å²) in [5.74, 6) is -17.9. The van der Waals surface area contributed by atoms with Crippen LogP contribution in [0.1, 0.15) is 31.1 Å². The number of ether oxygens (including phenoxy) is 7. The third-order valence-electron chi connectivity index (χ3n) is 7.53. The first kappa shape index (κ1) is 48.9. The highest BCUT2D eigenvalue weighted by Crippen LogP contribution is 2.46. The monoisotopic (exact) mass is 878 g/mol. The van der Waals surface area contributed by atoms with E-state index >= 15 is 0 Å². The molecule has 0 fully saturated rings. The molecule has 3 aromatic rings. The normalized spacial score (nSPS) is 15.3. The first-order valence-corrected chi connectivity index (χ1v) is 16.6. The molecule has 2 atom stereocenters. The maximum Gasteiger partial charge on any atom is 0.451 e. The summed E-state index contributed by atoms with van der Waals surface area (Å²) < 4.78 is 234. The molecule has 8 nitrogen and oxygen atoms in total. The lowest BCUT2D eigenvalue weighted by Crippen LogP contribution is -2.56. The number of hydrogen-bond acceptors (Lipinski definition) is 8. The van der Waals surface area contributed by atoms with Gasteiger partial charge in [-0.05, 0) is 55.3 Å². The molecule has 0 bridgehead atoms. The van der Waals surface area contributed by atoms with Crippen LogP contribution in [0.4, 0.5) is 65.9 Å². The number of benzene rings is 3. The van der Waals surface area contributed by atoms with Crippen LogP contribution < -0.4 is 14.2 Å². The summed E-state index contributed by atoms with van der Waals surface area (Å²) in [6, 6.07) is 18.0. The van der Waals surface area contributed by atoms with Crippen LogP contribution in [-0.2, 0) is 18.9 Å². The van der Waals surface area contributed by atoms with Crippen molar-refractivity contribution in [1.29, 1.82) is 0 Å². The number of hydrogen-bond donors (Lipinski definition) is 0. The van der Waals surface area contributed by atoms with Gasteiger partial charge in [-0.25, -0.2) is 9.18 Å². The van der Waals surface area contributed by atoms with Gasteiger partial charge in [-0.3, -0.25) is 9.47 Å². The van der Waals surface area contributed by atoms with Crippen molar-refractivity contribution in [2.24, 2.45) is 0 Å². The molecule has 0 N–H and O–H groups in total. The molecule has 0 heterocycles. The summed E-state index contributed by atoms with van der Waals surface area (Å²) in [6.45, 7) is -8.82. The first-order valence-electron chi connectivity index (χ1n) is 16.6. The maximum absolute atomic E-state index is 14.6. The predicted octanol–water partition coefficient (Wildman–Crippen LogP) is 10.4. The molecule has 330 valence electrons. The van der Waals surface area contributed by atoms with E-state index in [9.17, 15) is 70.7 Å². The van der Waals surface area contributed by atoms with E-state index in [4.69, 9.17) is 14.2 Å². The maximum atomic E-state index is 14.6. The van der Waals surface area contributed by atoms with Gasteiger partial charge in [0.05, 0.1) is 18.8 Å². The molecule has 0 saturated heterocycles. The smallest absolute Gasteiger partial charge is 0.451 e. The molecule has 2 unspecified atom stereocenters. The fourth-order valence-electron chi connectivity index (χ4n) is 4.16. The average Bonchev–Trinajstić information content (AvgIpc) is 3.10. The molecule has 0 aliphatic rings. The van der Waals surface area contributed by atoms with Gasteiger partial charge in [-0.1, -0.05) is 42.5 Å². The Morgan fingerprint density at radius 2 is 0.983 bits per heavy atom. The molecule has 0 radical (unpaired) electrons. The summed E-state index contributed by atoms with van der Waals surface area (Å²) in [7, 11) is 0. The second-order valence-electron chi connectivity index (χ2n) is 12.8. The van der Waals surface area contributed by atoms with Gasteiger partial charge in [0.25, 0.3) is 0 Å². The molecule has 3 aromatic carbocycles. The second kappa shape index (κ2) is 18.4. The summed E-state index contributed by atoms with van der Waals surface area (Å²) >= 11 is 0. The largest absolute Gasteiger partial charge is 0.487 e. The number of halogens is 15. The van der Waals surface area contributed by atoms with E-state index in [1.165, 1.54) is 12.1 Å². The Hall–Kier alpha value is -4.48. The van der Waals surface area contributed by atoms with Crippen molar-refractivity contribution < 1.29 is 104 Å². The lowest BCUT2D eigenvalue weighted by atomic mass is 10.1.